The molecule has 1 N–H and O–H groups in total. The number of methoxy groups -OCH3 is 1. The Hall–Kier alpha value is -1.45. The Morgan fingerprint density at radius 2 is 2.15 bits per heavy atom. The summed E-state index contributed by atoms with van der Waals surface area (Å²) >= 11 is 0.776. The minimum absolute atomic E-state index is 0.0500. The van der Waals surface area contributed by atoms with Gasteiger partial charge in [0.25, 0.3) is 10.0 Å². The average Bonchev–Trinajstić information content (AvgIpc) is 3.06. The van der Waals surface area contributed by atoms with Crippen molar-refractivity contribution in [2.45, 2.75) is 23.1 Å². The fourth-order valence-electron chi connectivity index (χ4n) is 2.06. The number of hydrogen-bond acceptors (Lipinski definition) is 6. The summed E-state index contributed by atoms with van der Waals surface area (Å²) in [6, 6.07) is 1.61. The van der Waals surface area contributed by atoms with Gasteiger partial charge in [-0.1, -0.05) is 0 Å². The molecule has 0 bridgehead atoms. The lowest BCUT2D eigenvalue weighted by molar-refractivity contribution is -0.140. The Balaban J connectivity index is 2.33. The zero-order valence-electron chi connectivity index (χ0n) is 10.6. The predicted molar refractivity (Wildman–Crippen MR) is 70.2 cm³/mol. The maximum atomic E-state index is 12.4. The van der Waals surface area contributed by atoms with Gasteiger partial charge in [0.2, 0.25) is 0 Å². The van der Waals surface area contributed by atoms with Crippen molar-refractivity contribution in [3.05, 3.63) is 17.0 Å². The number of sulfonamides is 1. The number of hydrogen-bond donors (Lipinski definition) is 1. The number of aliphatic carboxylic acids is 1. The highest BCUT2D eigenvalue weighted by molar-refractivity contribution is 7.91. The molecule has 1 aromatic rings. The van der Waals surface area contributed by atoms with E-state index in [4.69, 9.17) is 5.11 Å². The monoisotopic (exact) mass is 319 g/mol. The summed E-state index contributed by atoms with van der Waals surface area (Å²) in [6.07, 6.45) is 0.801. The van der Waals surface area contributed by atoms with E-state index in [1.54, 1.807) is 0 Å². The van der Waals surface area contributed by atoms with E-state index >= 15 is 0 Å². The number of esters is 1. The Morgan fingerprint density at radius 3 is 2.75 bits per heavy atom. The molecule has 1 fully saturated rings. The topological polar surface area (TPSA) is 101 Å². The third-order valence-corrected chi connectivity index (χ3v) is 6.46. The van der Waals surface area contributed by atoms with Gasteiger partial charge in [-0.2, -0.15) is 4.31 Å². The number of carboxylic acids is 1. The number of carbonyl (C=O) groups is 2. The van der Waals surface area contributed by atoms with Crippen LogP contribution >= 0.6 is 11.3 Å². The van der Waals surface area contributed by atoms with Crippen LogP contribution in [0.5, 0.6) is 0 Å². The normalized spacial score (nSPS) is 19.9. The van der Waals surface area contributed by atoms with Gasteiger partial charge in [0.1, 0.15) is 15.1 Å². The van der Waals surface area contributed by atoms with Crippen LogP contribution in [0.2, 0.25) is 0 Å². The quantitative estimate of drug-likeness (QED) is 0.823. The van der Waals surface area contributed by atoms with Gasteiger partial charge in [0.05, 0.1) is 7.11 Å². The lowest BCUT2D eigenvalue weighted by atomic mass is 10.2. The van der Waals surface area contributed by atoms with Crippen LogP contribution in [0, 0.1) is 0 Å². The van der Waals surface area contributed by atoms with Crippen LogP contribution in [0.15, 0.2) is 16.3 Å². The third-order valence-electron chi connectivity index (χ3n) is 3.02. The van der Waals surface area contributed by atoms with E-state index in [0.29, 0.717) is 12.8 Å². The number of rotatable bonds is 4. The Morgan fingerprint density at radius 1 is 1.45 bits per heavy atom. The summed E-state index contributed by atoms with van der Waals surface area (Å²) in [5, 5.41) is 9.05. The molecule has 0 saturated carbocycles. The summed E-state index contributed by atoms with van der Waals surface area (Å²) in [5.74, 6) is -1.77. The molecule has 0 spiro atoms. The number of carboxylic acid groups (broad SMARTS) is 1. The number of nitrogens with zero attached hydrogens (tertiary/aromatic N) is 1. The first-order chi connectivity index (χ1) is 9.37. The molecule has 0 aromatic carbocycles. The van der Waals surface area contributed by atoms with Gasteiger partial charge in [-0.15, -0.1) is 11.3 Å². The van der Waals surface area contributed by atoms with Gasteiger partial charge in [0, 0.05) is 6.54 Å². The highest BCUT2D eigenvalue weighted by Gasteiger charge is 2.40. The molecule has 9 heteroatoms. The average molecular weight is 319 g/mol. The van der Waals surface area contributed by atoms with Crippen molar-refractivity contribution in [3.8, 4) is 0 Å². The van der Waals surface area contributed by atoms with Crippen molar-refractivity contribution >= 4 is 33.3 Å². The molecule has 1 aliphatic heterocycles. The number of thiophene rings is 1. The van der Waals surface area contributed by atoms with E-state index in [0.717, 1.165) is 15.6 Å². The Bertz CT molecular complexity index is 635. The van der Waals surface area contributed by atoms with Crippen molar-refractivity contribution in [2.75, 3.05) is 13.7 Å². The zero-order valence-corrected chi connectivity index (χ0v) is 12.2. The molecule has 1 atom stereocenters. The van der Waals surface area contributed by atoms with E-state index in [2.05, 4.69) is 4.74 Å². The molecule has 2 rings (SSSR count). The van der Waals surface area contributed by atoms with E-state index in [9.17, 15) is 18.0 Å². The molecule has 0 amide bonds. The molecular weight excluding hydrogens is 306 g/mol. The van der Waals surface area contributed by atoms with Crippen LogP contribution in [-0.4, -0.2) is 49.5 Å². The highest BCUT2D eigenvalue weighted by Crippen LogP contribution is 2.30. The van der Waals surface area contributed by atoms with E-state index in [1.807, 2.05) is 0 Å². The SMILES string of the molecule is COC(=O)c1ccc(S(=O)(=O)N2CCC[C@@H]2C(=O)O)s1. The number of carbonyl (C=O) groups excluding carboxylic acids is 1. The minimum atomic E-state index is -3.89. The molecule has 2 heterocycles. The number of ether oxygens (including phenoxy) is 1. The molecule has 7 nitrogen and oxygen atoms in total. The second-order valence-corrected chi connectivity index (χ2v) is 7.42. The van der Waals surface area contributed by atoms with Gasteiger partial charge in [-0.25, -0.2) is 13.2 Å². The van der Waals surface area contributed by atoms with Crippen LogP contribution in [0.4, 0.5) is 0 Å². The summed E-state index contributed by atoms with van der Waals surface area (Å²) in [5.41, 5.74) is 0. The first kappa shape index (κ1) is 14.9. The first-order valence-corrected chi connectivity index (χ1v) is 8.06. The fraction of sp³-hybridized carbons (Fsp3) is 0.455. The zero-order chi connectivity index (χ0) is 14.9. The van der Waals surface area contributed by atoms with E-state index < -0.39 is 28.0 Å². The highest BCUT2D eigenvalue weighted by atomic mass is 32.2. The molecule has 110 valence electrons. The van der Waals surface area contributed by atoms with Gasteiger partial charge < -0.3 is 9.84 Å². The molecule has 0 aliphatic carbocycles. The van der Waals surface area contributed by atoms with Crippen molar-refractivity contribution < 1.29 is 27.9 Å². The van der Waals surface area contributed by atoms with Crippen molar-refractivity contribution in [2.24, 2.45) is 0 Å². The Kier molecular flexibility index (Phi) is 4.11. The van der Waals surface area contributed by atoms with Crippen molar-refractivity contribution in [1.29, 1.82) is 0 Å². The van der Waals surface area contributed by atoms with Crippen molar-refractivity contribution in [1.82, 2.24) is 4.31 Å². The van der Waals surface area contributed by atoms with E-state index in [1.165, 1.54) is 19.2 Å². The Labute approximate surface area is 119 Å². The van der Waals surface area contributed by atoms with E-state index in [-0.39, 0.29) is 15.6 Å². The largest absolute Gasteiger partial charge is 0.480 e. The second-order valence-electron chi connectivity index (χ2n) is 4.22. The van der Waals surface area contributed by atoms with Crippen LogP contribution in [0.1, 0.15) is 22.5 Å². The fourth-order valence-corrected chi connectivity index (χ4v) is 5.06. The molecule has 20 heavy (non-hydrogen) atoms. The van der Waals surface area contributed by atoms with Crippen molar-refractivity contribution in [3.63, 3.8) is 0 Å². The predicted octanol–water partition coefficient (Wildman–Crippen LogP) is 0.772. The summed E-state index contributed by atoms with van der Waals surface area (Å²) < 4.78 is 30.2. The maximum Gasteiger partial charge on any atom is 0.348 e. The summed E-state index contributed by atoms with van der Waals surface area (Å²) in [6.45, 7) is 0.171. The van der Waals surface area contributed by atoms with Gasteiger partial charge >= 0.3 is 11.9 Å². The van der Waals surface area contributed by atoms with Gasteiger partial charge in [-0.3, -0.25) is 4.79 Å². The van der Waals surface area contributed by atoms with Crippen LogP contribution in [0.3, 0.4) is 0 Å². The molecule has 0 unspecified atom stereocenters. The van der Waals surface area contributed by atoms with Gasteiger partial charge in [-0.05, 0) is 25.0 Å². The molecule has 1 saturated heterocycles. The molecule has 1 aromatic heterocycles. The lowest BCUT2D eigenvalue weighted by Gasteiger charge is -2.19. The molecule has 1 aliphatic rings. The van der Waals surface area contributed by atoms with Crippen LogP contribution < -0.4 is 0 Å². The second kappa shape index (κ2) is 5.51. The standard InChI is InChI=1S/C11H13NO6S2/c1-18-11(15)8-4-5-9(19-8)20(16,17)12-6-2-3-7(12)10(13)14/h4-5,7H,2-3,6H2,1H3,(H,13,14)/t7-/m1/s1. The summed E-state index contributed by atoms with van der Waals surface area (Å²) in [7, 11) is -2.69. The maximum absolute atomic E-state index is 12.4. The molecular formula is C11H13NO6S2. The summed E-state index contributed by atoms with van der Waals surface area (Å²) in [4.78, 5) is 22.6. The van der Waals surface area contributed by atoms with Gasteiger partial charge in [0.15, 0.2) is 0 Å². The van der Waals surface area contributed by atoms with Crippen LogP contribution in [0.25, 0.3) is 0 Å². The smallest absolute Gasteiger partial charge is 0.348 e. The molecule has 0 radical (unpaired) electrons. The minimum Gasteiger partial charge on any atom is -0.480 e. The third kappa shape index (κ3) is 2.56. The lowest BCUT2D eigenvalue weighted by Crippen LogP contribution is -2.40. The van der Waals surface area contributed by atoms with Crippen LogP contribution in [-0.2, 0) is 19.6 Å². The first-order valence-electron chi connectivity index (χ1n) is 5.80.